The van der Waals surface area contributed by atoms with Crippen LogP contribution in [0.2, 0.25) is 0 Å². The lowest BCUT2D eigenvalue weighted by Gasteiger charge is -2.37. The van der Waals surface area contributed by atoms with Crippen LogP contribution in [-0.4, -0.2) is 87.1 Å². The van der Waals surface area contributed by atoms with Gasteiger partial charge in [0.15, 0.2) is 0 Å². The number of H-pyrrole nitrogens is 1. The Morgan fingerprint density at radius 2 is 1.55 bits per heavy atom. The van der Waals surface area contributed by atoms with Gasteiger partial charge in [-0.3, -0.25) is 28.8 Å². The van der Waals surface area contributed by atoms with Gasteiger partial charge in [0.05, 0.1) is 0 Å². The summed E-state index contributed by atoms with van der Waals surface area (Å²) in [6, 6.07) is 18.3. The van der Waals surface area contributed by atoms with E-state index >= 15 is 0 Å². The number of carboxylic acids is 1. The number of aromatic nitrogens is 1. The van der Waals surface area contributed by atoms with Gasteiger partial charge in [0.1, 0.15) is 30.0 Å². The molecule has 3 unspecified atom stereocenters. The molecule has 56 heavy (non-hydrogen) atoms. The van der Waals surface area contributed by atoms with Gasteiger partial charge in [-0.2, -0.15) is 0 Å². The summed E-state index contributed by atoms with van der Waals surface area (Å²) < 4.78 is 0.764. The zero-order valence-electron chi connectivity index (χ0n) is 31.0. The average molecular weight is 850 g/mol. The average Bonchev–Trinajstić information content (AvgIpc) is 3.61. The van der Waals surface area contributed by atoms with Crippen molar-refractivity contribution in [2.75, 3.05) is 12.4 Å². The highest BCUT2D eigenvalue weighted by atomic mass is 79.9. The Bertz CT molecular complexity index is 2040. The number of hydrogen-bond acceptors (Lipinski definition) is 6. The van der Waals surface area contributed by atoms with Gasteiger partial charge in [0.25, 0.3) is 0 Å². The highest BCUT2D eigenvalue weighted by molar-refractivity contribution is 9.10. The number of alkyl halides is 1. The Kier molecular flexibility index (Phi) is 15.1. The zero-order valence-corrected chi connectivity index (χ0v) is 33.3. The molecule has 5 amide bonds. The first kappa shape index (κ1) is 41.9. The molecule has 1 fully saturated rings. The summed E-state index contributed by atoms with van der Waals surface area (Å²) in [5, 5.41) is 21.4. The molecule has 0 aliphatic carbocycles. The van der Waals surface area contributed by atoms with E-state index in [1.54, 1.807) is 6.20 Å². The number of aliphatic carboxylic acids is 1. The summed E-state index contributed by atoms with van der Waals surface area (Å²) in [5.41, 5.74) is 4.35. The van der Waals surface area contributed by atoms with E-state index in [2.05, 4.69) is 42.2 Å². The van der Waals surface area contributed by atoms with E-state index in [9.17, 15) is 33.9 Å². The summed E-state index contributed by atoms with van der Waals surface area (Å²) in [6.07, 6.45) is 2.86. The molecule has 1 aromatic heterocycles. The molecule has 1 aliphatic heterocycles. The number of para-hydroxylation sites is 1. The molecule has 0 spiro atoms. The maximum atomic E-state index is 14.4. The predicted octanol–water partition coefficient (Wildman–Crippen LogP) is 4.28. The highest BCUT2D eigenvalue weighted by Crippen LogP contribution is 2.23. The Morgan fingerprint density at radius 1 is 0.857 bits per heavy atom. The van der Waals surface area contributed by atoms with Crippen LogP contribution in [0.3, 0.4) is 0 Å². The number of hydrogen-bond donors (Lipinski definition) is 6. The minimum absolute atomic E-state index is 0.0575. The Balaban J connectivity index is 1.41. The van der Waals surface area contributed by atoms with Crippen LogP contribution in [0.4, 0.5) is 0 Å². The van der Waals surface area contributed by atoms with Gasteiger partial charge < -0.3 is 36.3 Å². The van der Waals surface area contributed by atoms with Gasteiger partial charge in [0.2, 0.25) is 29.5 Å². The minimum atomic E-state index is -1.22. The lowest BCUT2D eigenvalue weighted by atomic mass is 9.97. The van der Waals surface area contributed by atoms with E-state index in [4.69, 9.17) is 11.6 Å². The minimum Gasteiger partial charge on any atom is -0.481 e. The number of aromatic amines is 1. The van der Waals surface area contributed by atoms with Crippen LogP contribution >= 0.6 is 27.5 Å². The van der Waals surface area contributed by atoms with Crippen molar-refractivity contribution in [3.05, 3.63) is 106 Å². The Hall–Kier alpha value is -5.21. The third kappa shape index (κ3) is 11.4. The molecule has 4 atom stereocenters. The smallest absolute Gasteiger partial charge is 0.303 e. The SMILES string of the molecule is Cc1ccc(CNC(=O)C(Cc2ccccc2Br)NC(=O)C(Cc2c[nH]c3ccccc23)NC(=O)[C@@H]2CCCCN2C(=O)C(CCC(=O)O)NC(=O)CCl)cc1. The van der Waals surface area contributed by atoms with Crippen molar-refractivity contribution in [1.82, 2.24) is 31.2 Å². The van der Waals surface area contributed by atoms with E-state index in [0.29, 0.717) is 12.8 Å². The van der Waals surface area contributed by atoms with Gasteiger partial charge in [-0.05, 0) is 61.4 Å². The van der Waals surface area contributed by atoms with Crippen LogP contribution in [0.5, 0.6) is 0 Å². The molecule has 0 bridgehead atoms. The number of aryl methyl sites for hydroxylation is 1. The van der Waals surface area contributed by atoms with Gasteiger partial charge in [-0.15, -0.1) is 11.6 Å². The standard InChI is InChI=1S/C41H46BrClN6O7/c1-25-13-15-26(16-14-25)23-45-38(53)33(20-27-8-2-4-10-30(27)42)47-39(54)34(21-28-24-44-31-11-5-3-9-29(28)31)48-40(55)35-12-6-7-19-49(35)41(56)32(17-18-37(51)52)46-36(50)22-43/h2-5,8-11,13-16,24,32-35,44H,6-7,12,17-23H2,1H3,(H,45,53)(H,46,50)(H,47,54)(H,48,55)(H,51,52)/t32?,33?,34?,35-/m0/s1. The zero-order chi connectivity index (χ0) is 40.2. The summed E-state index contributed by atoms with van der Waals surface area (Å²) in [7, 11) is 0. The molecule has 15 heteroatoms. The van der Waals surface area contributed by atoms with Crippen LogP contribution in [0.25, 0.3) is 10.9 Å². The Labute approximate surface area is 338 Å². The largest absolute Gasteiger partial charge is 0.481 e. The number of amides is 5. The fraction of sp³-hybridized carbons (Fsp3) is 0.366. The number of likely N-dealkylation sites (tertiary alicyclic amines) is 1. The molecular formula is C41H46BrClN6O7. The van der Waals surface area contributed by atoms with Crippen molar-refractivity contribution in [2.45, 2.75) is 82.6 Å². The maximum absolute atomic E-state index is 14.4. The van der Waals surface area contributed by atoms with E-state index < -0.39 is 72.0 Å². The van der Waals surface area contributed by atoms with E-state index in [1.165, 1.54) is 4.90 Å². The molecule has 5 rings (SSSR count). The van der Waals surface area contributed by atoms with Crippen molar-refractivity contribution in [3.63, 3.8) is 0 Å². The summed E-state index contributed by atoms with van der Waals surface area (Å²) in [6.45, 7) is 2.40. The normalized spacial score (nSPS) is 15.6. The summed E-state index contributed by atoms with van der Waals surface area (Å²) in [4.78, 5) is 84.5. The van der Waals surface area contributed by atoms with Gasteiger partial charge >= 0.3 is 5.97 Å². The second-order valence-corrected chi connectivity index (χ2v) is 15.0. The second-order valence-electron chi connectivity index (χ2n) is 13.9. The molecule has 3 aromatic carbocycles. The van der Waals surface area contributed by atoms with Crippen molar-refractivity contribution in [2.24, 2.45) is 0 Å². The van der Waals surface area contributed by atoms with Crippen LogP contribution < -0.4 is 21.3 Å². The second kappa shape index (κ2) is 20.1. The molecule has 1 aliphatic rings. The number of carbonyl (C=O) groups excluding carboxylic acids is 5. The number of nitrogens with zero attached hydrogens (tertiary/aromatic N) is 1. The topological polar surface area (TPSA) is 190 Å². The van der Waals surface area contributed by atoms with Gasteiger partial charge in [0, 0.05) is 53.9 Å². The van der Waals surface area contributed by atoms with Crippen LogP contribution in [-0.2, 0) is 48.2 Å². The third-order valence-electron chi connectivity index (χ3n) is 9.82. The molecule has 6 N–H and O–H groups in total. The molecule has 1 saturated heterocycles. The molecule has 4 aromatic rings. The van der Waals surface area contributed by atoms with Crippen molar-refractivity contribution in [1.29, 1.82) is 0 Å². The molecule has 296 valence electrons. The first-order chi connectivity index (χ1) is 26.9. The number of fused-ring (bicyclic) bond motifs is 1. The molecule has 0 saturated carbocycles. The number of rotatable bonds is 17. The highest BCUT2D eigenvalue weighted by Gasteiger charge is 2.38. The number of halogens is 2. The van der Waals surface area contributed by atoms with Crippen molar-refractivity contribution in [3.8, 4) is 0 Å². The summed E-state index contributed by atoms with van der Waals surface area (Å²) >= 11 is 9.24. The predicted molar refractivity (Wildman–Crippen MR) is 216 cm³/mol. The number of carboxylic acid groups (broad SMARTS) is 1. The first-order valence-corrected chi connectivity index (χ1v) is 19.9. The maximum Gasteiger partial charge on any atom is 0.303 e. The fourth-order valence-electron chi connectivity index (χ4n) is 6.81. The fourth-order valence-corrected chi connectivity index (χ4v) is 7.33. The Morgan fingerprint density at radius 3 is 2.29 bits per heavy atom. The number of carbonyl (C=O) groups is 6. The van der Waals surface area contributed by atoms with E-state index in [0.717, 1.165) is 37.6 Å². The van der Waals surface area contributed by atoms with E-state index in [-0.39, 0.29) is 38.8 Å². The number of benzene rings is 3. The lowest BCUT2D eigenvalue weighted by Crippen LogP contribution is -2.61. The van der Waals surface area contributed by atoms with Crippen LogP contribution in [0.15, 0.2) is 83.5 Å². The molecule has 2 heterocycles. The number of piperidine rings is 1. The molecular weight excluding hydrogens is 804 g/mol. The molecule has 0 radical (unpaired) electrons. The van der Waals surface area contributed by atoms with Crippen molar-refractivity contribution < 1.29 is 33.9 Å². The van der Waals surface area contributed by atoms with E-state index in [1.807, 2.05) is 79.7 Å². The van der Waals surface area contributed by atoms with Crippen molar-refractivity contribution >= 4 is 73.9 Å². The quantitative estimate of drug-likeness (QED) is 0.0856. The first-order valence-electron chi connectivity index (χ1n) is 18.5. The molecule has 13 nitrogen and oxygen atoms in total. The van der Waals surface area contributed by atoms with Crippen LogP contribution in [0.1, 0.15) is 54.4 Å². The summed E-state index contributed by atoms with van der Waals surface area (Å²) in [5.74, 6) is -4.45. The van der Waals surface area contributed by atoms with Crippen LogP contribution in [0, 0.1) is 6.92 Å². The van der Waals surface area contributed by atoms with Gasteiger partial charge in [-0.25, -0.2) is 0 Å². The number of nitrogens with one attached hydrogen (secondary N) is 5. The monoisotopic (exact) mass is 848 g/mol. The third-order valence-corrected chi connectivity index (χ3v) is 10.8. The lowest BCUT2D eigenvalue weighted by molar-refractivity contribution is -0.146. The van der Waals surface area contributed by atoms with Gasteiger partial charge in [-0.1, -0.05) is 82.2 Å².